The molecule has 0 spiro atoms. The molecular formula is C14H18F2N2O3. The molecule has 1 rings (SSSR count). The topological polar surface area (TPSA) is 78.4 Å². The number of rotatable bonds is 6. The van der Waals surface area contributed by atoms with Gasteiger partial charge in [-0.3, -0.25) is 0 Å². The lowest BCUT2D eigenvalue weighted by molar-refractivity contribution is -0.140. The molecule has 7 heteroatoms. The molecule has 5 nitrogen and oxygen atoms in total. The summed E-state index contributed by atoms with van der Waals surface area (Å²) in [7, 11) is 0. The summed E-state index contributed by atoms with van der Waals surface area (Å²) in [4.78, 5) is 22.7. The minimum Gasteiger partial charge on any atom is -0.480 e. The second-order valence-corrected chi connectivity index (χ2v) is 4.78. The van der Waals surface area contributed by atoms with Crippen molar-refractivity contribution < 1.29 is 23.5 Å². The van der Waals surface area contributed by atoms with E-state index in [0.29, 0.717) is 12.0 Å². The van der Waals surface area contributed by atoms with Crippen molar-refractivity contribution in [2.24, 2.45) is 5.92 Å². The Bertz CT molecular complexity index is 523. The summed E-state index contributed by atoms with van der Waals surface area (Å²) in [6.45, 7) is 3.51. The Morgan fingerprint density at radius 3 is 2.48 bits per heavy atom. The first-order chi connectivity index (χ1) is 9.85. The number of nitrogens with one attached hydrogen (secondary N) is 2. The number of hydrogen-bond donors (Lipinski definition) is 3. The number of halogens is 2. The lowest BCUT2D eigenvalue weighted by Crippen LogP contribution is -2.48. The number of amides is 2. The highest BCUT2D eigenvalue weighted by Crippen LogP contribution is 2.09. The maximum absolute atomic E-state index is 13.0. The standard InChI is InChI=1S/C14H18F2N2O3/c1-3-8(2)12(13(19)20)18-14(21)17-7-9-4-5-10(15)11(16)6-9/h4-6,8,12H,3,7H2,1-2H3,(H,19,20)(H2,17,18,21)/t8?,12-/m0/s1. The molecule has 0 aliphatic carbocycles. The highest BCUT2D eigenvalue weighted by atomic mass is 19.2. The van der Waals surface area contributed by atoms with Gasteiger partial charge in [0, 0.05) is 6.54 Å². The van der Waals surface area contributed by atoms with E-state index >= 15 is 0 Å². The molecule has 2 amide bonds. The van der Waals surface area contributed by atoms with Crippen molar-refractivity contribution in [3.8, 4) is 0 Å². The van der Waals surface area contributed by atoms with E-state index in [9.17, 15) is 18.4 Å². The first-order valence-corrected chi connectivity index (χ1v) is 6.56. The maximum atomic E-state index is 13.0. The molecule has 0 saturated heterocycles. The fourth-order valence-electron chi connectivity index (χ4n) is 1.71. The van der Waals surface area contributed by atoms with E-state index in [1.807, 2.05) is 6.92 Å². The van der Waals surface area contributed by atoms with Crippen LogP contribution in [0.25, 0.3) is 0 Å². The molecule has 1 unspecified atom stereocenters. The number of urea groups is 1. The fraction of sp³-hybridized carbons (Fsp3) is 0.429. The van der Waals surface area contributed by atoms with Crippen molar-refractivity contribution in [3.05, 3.63) is 35.4 Å². The van der Waals surface area contributed by atoms with Crippen LogP contribution in [0.4, 0.5) is 13.6 Å². The largest absolute Gasteiger partial charge is 0.480 e. The van der Waals surface area contributed by atoms with Gasteiger partial charge in [-0.15, -0.1) is 0 Å². The average Bonchev–Trinajstić information content (AvgIpc) is 2.44. The van der Waals surface area contributed by atoms with Gasteiger partial charge in [0.05, 0.1) is 0 Å². The molecular weight excluding hydrogens is 282 g/mol. The molecule has 116 valence electrons. The van der Waals surface area contributed by atoms with E-state index in [1.165, 1.54) is 6.07 Å². The quantitative estimate of drug-likeness (QED) is 0.754. The summed E-state index contributed by atoms with van der Waals surface area (Å²) in [6, 6.07) is 1.59. The number of carbonyl (C=O) groups is 2. The lowest BCUT2D eigenvalue weighted by Gasteiger charge is -2.20. The van der Waals surface area contributed by atoms with Crippen LogP contribution in [0, 0.1) is 17.6 Å². The maximum Gasteiger partial charge on any atom is 0.326 e. The van der Waals surface area contributed by atoms with Crippen molar-refractivity contribution >= 4 is 12.0 Å². The molecule has 21 heavy (non-hydrogen) atoms. The Kier molecular flexibility index (Phi) is 6.08. The molecule has 0 saturated carbocycles. The molecule has 1 aromatic rings. The summed E-state index contributed by atoms with van der Waals surface area (Å²) in [5.74, 6) is -3.31. The van der Waals surface area contributed by atoms with Crippen LogP contribution in [0.3, 0.4) is 0 Å². The summed E-state index contributed by atoms with van der Waals surface area (Å²) in [5.41, 5.74) is 0.375. The van der Waals surface area contributed by atoms with Crippen LogP contribution >= 0.6 is 0 Å². The molecule has 0 aliphatic rings. The van der Waals surface area contributed by atoms with Crippen LogP contribution in [0.5, 0.6) is 0 Å². The van der Waals surface area contributed by atoms with Crippen molar-refractivity contribution in [1.29, 1.82) is 0 Å². The highest BCUT2D eigenvalue weighted by Gasteiger charge is 2.25. The van der Waals surface area contributed by atoms with Gasteiger partial charge in [-0.1, -0.05) is 26.3 Å². The van der Waals surface area contributed by atoms with Gasteiger partial charge in [0.15, 0.2) is 11.6 Å². The van der Waals surface area contributed by atoms with Crippen molar-refractivity contribution in [1.82, 2.24) is 10.6 Å². The van der Waals surface area contributed by atoms with Crippen LogP contribution < -0.4 is 10.6 Å². The van der Waals surface area contributed by atoms with Crippen LogP contribution in [0.1, 0.15) is 25.8 Å². The summed E-state index contributed by atoms with van der Waals surface area (Å²) < 4.78 is 25.7. The zero-order valence-electron chi connectivity index (χ0n) is 11.8. The second kappa shape index (κ2) is 7.56. The Morgan fingerprint density at radius 1 is 1.29 bits per heavy atom. The van der Waals surface area contributed by atoms with E-state index in [-0.39, 0.29) is 12.5 Å². The fourth-order valence-corrected chi connectivity index (χ4v) is 1.71. The Labute approximate surface area is 121 Å². The third-order valence-corrected chi connectivity index (χ3v) is 3.20. The Balaban J connectivity index is 2.56. The predicted molar refractivity (Wildman–Crippen MR) is 72.6 cm³/mol. The van der Waals surface area contributed by atoms with E-state index < -0.39 is 29.7 Å². The van der Waals surface area contributed by atoms with Crippen LogP contribution in [-0.2, 0) is 11.3 Å². The van der Waals surface area contributed by atoms with E-state index in [2.05, 4.69) is 10.6 Å². The molecule has 0 radical (unpaired) electrons. The monoisotopic (exact) mass is 300 g/mol. The first kappa shape index (κ1) is 16.9. The molecule has 2 atom stereocenters. The van der Waals surface area contributed by atoms with Crippen LogP contribution in [0.15, 0.2) is 18.2 Å². The van der Waals surface area contributed by atoms with Gasteiger partial charge in [0.25, 0.3) is 0 Å². The van der Waals surface area contributed by atoms with Gasteiger partial charge >= 0.3 is 12.0 Å². The zero-order valence-corrected chi connectivity index (χ0v) is 11.8. The van der Waals surface area contributed by atoms with Gasteiger partial charge in [-0.25, -0.2) is 18.4 Å². The zero-order chi connectivity index (χ0) is 16.0. The van der Waals surface area contributed by atoms with Crippen molar-refractivity contribution in [2.75, 3.05) is 0 Å². The molecule has 0 fully saturated rings. The average molecular weight is 300 g/mol. The predicted octanol–water partition coefficient (Wildman–Crippen LogP) is 2.26. The number of carbonyl (C=O) groups excluding carboxylic acids is 1. The molecule has 3 N–H and O–H groups in total. The highest BCUT2D eigenvalue weighted by molar-refractivity contribution is 5.82. The van der Waals surface area contributed by atoms with Crippen LogP contribution in [-0.4, -0.2) is 23.1 Å². The van der Waals surface area contributed by atoms with E-state index in [4.69, 9.17) is 5.11 Å². The molecule has 0 aromatic heterocycles. The number of benzene rings is 1. The van der Waals surface area contributed by atoms with Crippen LogP contribution in [0.2, 0.25) is 0 Å². The van der Waals surface area contributed by atoms with E-state index in [0.717, 1.165) is 12.1 Å². The van der Waals surface area contributed by atoms with Gasteiger partial charge in [-0.05, 0) is 23.6 Å². The van der Waals surface area contributed by atoms with Crippen molar-refractivity contribution in [2.45, 2.75) is 32.9 Å². The summed E-state index contributed by atoms with van der Waals surface area (Å²) >= 11 is 0. The molecule has 0 aliphatic heterocycles. The van der Waals surface area contributed by atoms with E-state index in [1.54, 1.807) is 6.92 Å². The van der Waals surface area contributed by atoms with Gasteiger partial charge in [-0.2, -0.15) is 0 Å². The normalized spacial score (nSPS) is 13.3. The third-order valence-electron chi connectivity index (χ3n) is 3.20. The molecule has 0 heterocycles. The number of aliphatic carboxylic acids is 1. The van der Waals surface area contributed by atoms with Crippen molar-refractivity contribution in [3.63, 3.8) is 0 Å². The number of hydrogen-bond acceptors (Lipinski definition) is 2. The summed E-state index contributed by atoms with van der Waals surface area (Å²) in [5, 5.41) is 13.8. The Hall–Kier alpha value is -2.18. The minimum absolute atomic E-state index is 0.0319. The first-order valence-electron chi connectivity index (χ1n) is 6.56. The second-order valence-electron chi connectivity index (χ2n) is 4.78. The molecule has 1 aromatic carbocycles. The SMILES string of the molecule is CCC(C)[C@H](NC(=O)NCc1ccc(F)c(F)c1)C(=O)O. The van der Waals surface area contributed by atoms with Gasteiger partial charge in [0.1, 0.15) is 6.04 Å². The van der Waals surface area contributed by atoms with Gasteiger partial charge < -0.3 is 15.7 Å². The smallest absolute Gasteiger partial charge is 0.326 e. The third kappa shape index (κ3) is 5.02. The number of carboxylic acid groups (broad SMARTS) is 1. The number of carboxylic acids is 1. The summed E-state index contributed by atoms with van der Waals surface area (Å²) in [6.07, 6.45) is 0.598. The lowest BCUT2D eigenvalue weighted by atomic mass is 9.99. The van der Waals surface area contributed by atoms with Gasteiger partial charge in [0.2, 0.25) is 0 Å². The Morgan fingerprint density at radius 2 is 1.95 bits per heavy atom. The molecule has 0 bridgehead atoms. The minimum atomic E-state index is -1.12.